The molecule has 2 rings (SSSR count). The molecular formula is C14H21N3O. The van der Waals surface area contributed by atoms with Gasteiger partial charge in [-0.3, -0.25) is 9.78 Å². The fourth-order valence-electron chi connectivity index (χ4n) is 2.64. The molecule has 0 radical (unpaired) electrons. The van der Waals surface area contributed by atoms with Crippen LogP contribution in [0.2, 0.25) is 0 Å². The minimum Gasteiger partial charge on any atom is -0.340 e. The fourth-order valence-corrected chi connectivity index (χ4v) is 2.64. The molecule has 0 aromatic carbocycles. The number of amides is 1. The average molecular weight is 247 g/mol. The van der Waals surface area contributed by atoms with Crippen LogP contribution in [0.15, 0.2) is 24.5 Å². The summed E-state index contributed by atoms with van der Waals surface area (Å²) in [7, 11) is 1.87. The number of carbonyl (C=O) groups excluding carboxylic acids is 1. The van der Waals surface area contributed by atoms with Gasteiger partial charge in [-0.25, -0.2) is 0 Å². The quantitative estimate of drug-likeness (QED) is 0.878. The number of hydrogen-bond donors (Lipinski definition) is 1. The summed E-state index contributed by atoms with van der Waals surface area (Å²) in [5, 5.41) is 3.38. The number of rotatable bonds is 4. The van der Waals surface area contributed by atoms with Crippen molar-refractivity contribution < 1.29 is 4.79 Å². The molecule has 1 aromatic heterocycles. The molecule has 0 bridgehead atoms. The number of pyridine rings is 1. The topological polar surface area (TPSA) is 45.2 Å². The van der Waals surface area contributed by atoms with Crippen molar-refractivity contribution in [2.24, 2.45) is 0 Å². The van der Waals surface area contributed by atoms with Crippen LogP contribution in [0.1, 0.15) is 31.7 Å². The summed E-state index contributed by atoms with van der Waals surface area (Å²) >= 11 is 0. The van der Waals surface area contributed by atoms with E-state index in [9.17, 15) is 4.79 Å². The molecule has 4 heteroatoms. The highest BCUT2D eigenvalue weighted by Gasteiger charge is 2.40. The minimum absolute atomic E-state index is 0.200. The first-order valence-electron chi connectivity index (χ1n) is 6.57. The molecule has 18 heavy (non-hydrogen) atoms. The summed E-state index contributed by atoms with van der Waals surface area (Å²) in [6.45, 7) is 3.64. The summed E-state index contributed by atoms with van der Waals surface area (Å²) < 4.78 is 0. The molecule has 0 spiro atoms. The van der Waals surface area contributed by atoms with Crippen LogP contribution in [0.3, 0.4) is 0 Å². The minimum atomic E-state index is -0.336. The van der Waals surface area contributed by atoms with Crippen molar-refractivity contribution in [1.82, 2.24) is 15.2 Å². The van der Waals surface area contributed by atoms with E-state index in [2.05, 4.69) is 17.2 Å². The van der Waals surface area contributed by atoms with E-state index < -0.39 is 0 Å². The zero-order valence-electron chi connectivity index (χ0n) is 11.1. The summed E-state index contributed by atoms with van der Waals surface area (Å²) in [5.74, 6) is 0.200. The van der Waals surface area contributed by atoms with Gasteiger partial charge in [0.25, 0.3) is 0 Å². The van der Waals surface area contributed by atoms with Crippen LogP contribution >= 0.6 is 0 Å². The predicted molar refractivity (Wildman–Crippen MR) is 71.0 cm³/mol. The third-order valence-corrected chi connectivity index (χ3v) is 3.75. The SMILES string of the molecule is CCC1(C(=O)N(C)Cc2cccnc2)CCCN1. The van der Waals surface area contributed by atoms with Crippen molar-refractivity contribution >= 4 is 5.91 Å². The Morgan fingerprint density at radius 1 is 1.61 bits per heavy atom. The van der Waals surface area contributed by atoms with E-state index >= 15 is 0 Å². The van der Waals surface area contributed by atoms with E-state index in [4.69, 9.17) is 0 Å². The van der Waals surface area contributed by atoms with Gasteiger partial charge in [0, 0.05) is 26.0 Å². The molecule has 1 aliphatic rings. The predicted octanol–water partition coefficient (Wildman–Crippen LogP) is 1.57. The molecule has 1 unspecified atom stereocenters. The second-order valence-electron chi connectivity index (χ2n) is 4.99. The smallest absolute Gasteiger partial charge is 0.242 e. The van der Waals surface area contributed by atoms with Crippen LogP contribution in [0, 0.1) is 0 Å². The zero-order chi connectivity index (χ0) is 13.0. The van der Waals surface area contributed by atoms with Gasteiger partial charge in [-0.15, -0.1) is 0 Å². The highest BCUT2D eigenvalue weighted by Crippen LogP contribution is 2.25. The number of hydrogen-bond acceptors (Lipinski definition) is 3. The van der Waals surface area contributed by atoms with Gasteiger partial charge in [-0.05, 0) is 37.4 Å². The van der Waals surface area contributed by atoms with Gasteiger partial charge in [0.1, 0.15) is 0 Å². The Hall–Kier alpha value is -1.42. The lowest BCUT2D eigenvalue weighted by molar-refractivity contribution is -0.137. The monoisotopic (exact) mass is 247 g/mol. The third kappa shape index (κ3) is 2.53. The lowest BCUT2D eigenvalue weighted by atomic mass is 9.92. The molecule has 98 valence electrons. The maximum Gasteiger partial charge on any atom is 0.242 e. The standard InChI is InChI=1S/C14H21N3O/c1-3-14(7-5-9-16-14)13(18)17(2)11-12-6-4-8-15-10-12/h4,6,8,10,16H,3,5,7,9,11H2,1-2H3. The van der Waals surface area contributed by atoms with Gasteiger partial charge in [-0.2, -0.15) is 0 Å². The van der Waals surface area contributed by atoms with Crippen molar-refractivity contribution in [1.29, 1.82) is 0 Å². The van der Waals surface area contributed by atoms with Gasteiger partial charge >= 0.3 is 0 Å². The number of aromatic nitrogens is 1. The Morgan fingerprint density at radius 3 is 3.00 bits per heavy atom. The van der Waals surface area contributed by atoms with E-state index in [1.54, 1.807) is 11.1 Å². The molecule has 1 N–H and O–H groups in total. The largest absolute Gasteiger partial charge is 0.340 e. The number of likely N-dealkylation sites (N-methyl/N-ethyl adjacent to an activating group) is 1. The van der Waals surface area contributed by atoms with Crippen molar-refractivity contribution in [2.75, 3.05) is 13.6 Å². The fraction of sp³-hybridized carbons (Fsp3) is 0.571. The van der Waals surface area contributed by atoms with E-state index in [0.717, 1.165) is 31.4 Å². The Balaban J connectivity index is 2.04. The van der Waals surface area contributed by atoms with Crippen molar-refractivity contribution in [3.8, 4) is 0 Å². The molecule has 1 aliphatic heterocycles. The van der Waals surface area contributed by atoms with Gasteiger partial charge in [0.05, 0.1) is 5.54 Å². The maximum atomic E-state index is 12.5. The van der Waals surface area contributed by atoms with Crippen LogP contribution < -0.4 is 5.32 Å². The first-order chi connectivity index (χ1) is 8.68. The Morgan fingerprint density at radius 2 is 2.44 bits per heavy atom. The molecular weight excluding hydrogens is 226 g/mol. The zero-order valence-corrected chi connectivity index (χ0v) is 11.1. The van der Waals surface area contributed by atoms with Crippen molar-refractivity contribution in [3.63, 3.8) is 0 Å². The molecule has 1 atom stereocenters. The molecule has 0 saturated carbocycles. The summed E-state index contributed by atoms with van der Waals surface area (Å²) in [5.41, 5.74) is 0.731. The second-order valence-corrected chi connectivity index (χ2v) is 4.99. The summed E-state index contributed by atoms with van der Waals surface area (Å²) in [4.78, 5) is 18.4. The van der Waals surface area contributed by atoms with E-state index in [1.807, 2.05) is 25.4 Å². The first-order valence-corrected chi connectivity index (χ1v) is 6.57. The number of carbonyl (C=O) groups is 1. The Labute approximate surface area is 108 Å². The van der Waals surface area contributed by atoms with Crippen LogP contribution in [-0.4, -0.2) is 34.9 Å². The molecule has 1 aromatic rings. The van der Waals surface area contributed by atoms with Crippen LogP contribution in [0.5, 0.6) is 0 Å². The van der Waals surface area contributed by atoms with Gasteiger partial charge in [0.15, 0.2) is 0 Å². The maximum absolute atomic E-state index is 12.5. The molecule has 2 heterocycles. The van der Waals surface area contributed by atoms with Gasteiger partial charge in [0.2, 0.25) is 5.91 Å². The third-order valence-electron chi connectivity index (χ3n) is 3.75. The van der Waals surface area contributed by atoms with Gasteiger partial charge in [-0.1, -0.05) is 13.0 Å². The van der Waals surface area contributed by atoms with E-state index in [0.29, 0.717) is 6.54 Å². The second kappa shape index (κ2) is 5.48. The van der Waals surface area contributed by atoms with Crippen LogP contribution in [-0.2, 0) is 11.3 Å². The molecule has 1 saturated heterocycles. The lowest BCUT2D eigenvalue weighted by Crippen LogP contribution is -2.53. The molecule has 1 fully saturated rings. The highest BCUT2D eigenvalue weighted by molar-refractivity contribution is 5.86. The van der Waals surface area contributed by atoms with Crippen LogP contribution in [0.4, 0.5) is 0 Å². The molecule has 4 nitrogen and oxygen atoms in total. The Kier molecular flexibility index (Phi) is 3.97. The highest BCUT2D eigenvalue weighted by atomic mass is 16.2. The van der Waals surface area contributed by atoms with Crippen LogP contribution in [0.25, 0.3) is 0 Å². The average Bonchev–Trinajstić information content (AvgIpc) is 2.89. The van der Waals surface area contributed by atoms with E-state index in [1.165, 1.54) is 0 Å². The summed E-state index contributed by atoms with van der Waals surface area (Å²) in [6.07, 6.45) is 6.44. The lowest BCUT2D eigenvalue weighted by Gasteiger charge is -2.31. The van der Waals surface area contributed by atoms with Crippen molar-refractivity contribution in [2.45, 2.75) is 38.3 Å². The number of nitrogens with one attached hydrogen (secondary N) is 1. The first kappa shape index (κ1) is 13.0. The molecule has 1 amide bonds. The number of nitrogens with zero attached hydrogens (tertiary/aromatic N) is 2. The van der Waals surface area contributed by atoms with E-state index in [-0.39, 0.29) is 11.4 Å². The normalized spacial score (nSPS) is 23.0. The summed E-state index contributed by atoms with van der Waals surface area (Å²) in [6, 6.07) is 3.90. The Bertz CT molecular complexity index is 399. The van der Waals surface area contributed by atoms with Gasteiger partial charge < -0.3 is 10.2 Å². The molecule has 0 aliphatic carbocycles. The van der Waals surface area contributed by atoms with Crippen molar-refractivity contribution in [3.05, 3.63) is 30.1 Å².